The number of carbonyl (C=O) groups excluding carboxylic acids is 2. The molecule has 0 radical (unpaired) electrons. The van der Waals surface area contributed by atoms with Crippen molar-refractivity contribution in [2.45, 2.75) is 33.2 Å². The molecule has 2 aromatic rings. The molecule has 1 aliphatic rings. The van der Waals surface area contributed by atoms with Crippen molar-refractivity contribution < 1.29 is 9.59 Å². The van der Waals surface area contributed by atoms with Gasteiger partial charge < -0.3 is 0 Å². The number of benzene rings is 2. The zero-order valence-corrected chi connectivity index (χ0v) is 16.7. The molecule has 6 heteroatoms. The first kappa shape index (κ1) is 20.2. The lowest BCUT2D eigenvalue weighted by Gasteiger charge is -2.30. The monoisotopic (exact) mass is 386 g/mol. The topological polar surface area (TPSA) is 85.9 Å². The van der Waals surface area contributed by atoms with E-state index in [1.807, 2.05) is 51.1 Å². The summed E-state index contributed by atoms with van der Waals surface area (Å²) in [6.45, 7) is 6.03. The van der Waals surface area contributed by atoms with Gasteiger partial charge in [-0.1, -0.05) is 43.3 Å². The summed E-state index contributed by atoms with van der Waals surface area (Å²) in [6, 6.07) is 15.7. The number of imide groups is 1. The van der Waals surface area contributed by atoms with E-state index in [1.54, 1.807) is 24.3 Å². The molecular weight excluding hydrogens is 364 g/mol. The molecule has 3 rings (SSSR count). The summed E-state index contributed by atoms with van der Waals surface area (Å²) in [4.78, 5) is 27.0. The largest absolute Gasteiger partial charge is 0.276 e. The van der Waals surface area contributed by atoms with Gasteiger partial charge in [-0.2, -0.15) is 15.5 Å². The number of nitriles is 1. The average Bonchev–Trinajstić information content (AvgIpc) is 2.70. The van der Waals surface area contributed by atoms with Gasteiger partial charge >= 0.3 is 0 Å². The molecule has 6 nitrogen and oxygen atoms in total. The quantitative estimate of drug-likeness (QED) is 0.559. The van der Waals surface area contributed by atoms with E-state index in [-0.39, 0.29) is 12.1 Å². The zero-order chi connectivity index (χ0) is 21.0. The molecule has 0 bridgehead atoms. The Bertz CT molecular complexity index is 1030. The number of rotatable bonds is 5. The van der Waals surface area contributed by atoms with Crippen LogP contribution in [0.4, 0.5) is 5.69 Å². The van der Waals surface area contributed by atoms with Crippen LogP contribution in [0.3, 0.4) is 0 Å². The molecule has 0 aliphatic carbocycles. The molecule has 2 aromatic carbocycles. The summed E-state index contributed by atoms with van der Waals surface area (Å²) in [5.41, 5.74) is 3.56. The first-order chi connectivity index (χ1) is 14.0. The van der Waals surface area contributed by atoms with Crippen molar-refractivity contribution in [1.29, 1.82) is 5.26 Å². The predicted molar refractivity (Wildman–Crippen MR) is 110 cm³/mol. The maximum absolute atomic E-state index is 13.1. The molecule has 1 unspecified atom stereocenters. The molecular formula is C23H22N4O2. The molecule has 0 N–H and O–H groups in total. The molecule has 0 spiro atoms. The van der Waals surface area contributed by atoms with Gasteiger partial charge in [-0.15, -0.1) is 0 Å². The molecule has 146 valence electrons. The minimum atomic E-state index is -1.04. The first-order valence-corrected chi connectivity index (χ1v) is 9.50. The number of nitrogens with zero attached hydrogens (tertiary/aromatic N) is 4. The number of aryl methyl sites for hydroxylation is 2. The van der Waals surface area contributed by atoms with E-state index in [4.69, 9.17) is 0 Å². The molecule has 2 amide bonds. The van der Waals surface area contributed by atoms with Crippen LogP contribution in [-0.2, 0) is 9.59 Å². The van der Waals surface area contributed by atoms with E-state index < -0.39 is 17.9 Å². The van der Waals surface area contributed by atoms with E-state index in [0.29, 0.717) is 23.2 Å². The van der Waals surface area contributed by atoms with Crippen molar-refractivity contribution in [3.05, 3.63) is 70.8 Å². The highest BCUT2D eigenvalue weighted by Gasteiger charge is 2.41. The normalized spacial score (nSPS) is 17.2. The van der Waals surface area contributed by atoms with Crippen molar-refractivity contribution >= 4 is 23.1 Å². The van der Waals surface area contributed by atoms with Crippen molar-refractivity contribution in [2.75, 3.05) is 6.54 Å². The second-order valence-electron chi connectivity index (χ2n) is 7.03. The third-order valence-electron chi connectivity index (χ3n) is 4.64. The highest BCUT2D eigenvalue weighted by Crippen LogP contribution is 2.32. The van der Waals surface area contributed by atoms with E-state index in [9.17, 15) is 14.9 Å². The van der Waals surface area contributed by atoms with Gasteiger partial charge in [0.15, 0.2) is 6.04 Å². The van der Waals surface area contributed by atoms with Crippen molar-refractivity contribution in [3.8, 4) is 6.07 Å². The number of hydrogen-bond acceptors (Lipinski definition) is 5. The van der Waals surface area contributed by atoms with Crippen LogP contribution in [0.2, 0.25) is 0 Å². The summed E-state index contributed by atoms with van der Waals surface area (Å²) < 4.78 is 0. The van der Waals surface area contributed by atoms with Crippen LogP contribution in [0.25, 0.3) is 5.57 Å². The van der Waals surface area contributed by atoms with Crippen LogP contribution in [0.1, 0.15) is 30.0 Å². The summed E-state index contributed by atoms with van der Waals surface area (Å²) in [7, 11) is 0. The van der Waals surface area contributed by atoms with Gasteiger partial charge in [0.2, 0.25) is 0 Å². The Hall–Kier alpha value is -3.59. The zero-order valence-electron chi connectivity index (χ0n) is 16.7. The predicted octanol–water partition coefficient (Wildman–Crippen LogP) is 4.51. The van der Waals surface area contributed by atoms with Crippen LogP contribution in [-0.4, -0.2) is 29.3 Å². The Balaban J connectivity index is 2.15. The summed E-state index contributed by atoms with van der Waals surface area (Å²) >= 11 is 0. The fraction of sp³-hybridized carbons (Fsp3) is 0.261. The summed E-state index contributed by atoms with van der Waals surface area (Å²) in [6.07, 6.45) is 0.595. The lowest BCUT2D eigenvalue weighted by Crippen LogP contribution is -2.48. The number of azo groups is 1. The molecule has 1 atom stereocenters. The van der Waals surface area contributed by atoms with E-state index in [2.05, 4.69) is 10.2 Å². The lowest BCUT2D eigenvalue weighted by molar-refractivity contribution is -0.143. The third-order valence-corrected chi connectivity index (χ3v) is 4.64. The second-order valence-corrected chi connectivity index (χ2v) is 7.03. The van der Waals surface area contributed by atoms with Crippen LogP contribution in [0, 0.1) is 25.2 Å². The Morgan fingerprint density at radius 3 is 2.31 bits per heavy atom. The smallest absolute Gasteiger partial charge is 0.271 e. The molecule has 1 aliphatic heterocycles. The van der Waals surface area contributed by atoms with Gasteiger partial charge in [0.05, 0.1) is 5.69 Å². The fourth-order valence-electron chi connectivity index (χ4n) is 3.46. The van der Waals surface area contributed by atoms with Crippen molar-refractivity contribution in [1.82, 2.24) is 4.90 Å². The van der Waals surface area contributed by atoms with Gasteiger partial charge in [-0.3, -0.25) is 14.5 Å². The minimum absolute atomic E-state index is 0.0615. The maximum atomic E-state index is 13.1. The second kappa shape index (κ2) is 8.61. The number of amides is 2. The standard InChI is InChI=1S/C23H22N4O2/c1-4-10-27-22(28)19(14-24)20(17-8-6-5-7-9-17)21(23(27)29)26-25-18-12-15(2)11-16(3)13-18/h5-9,11-13,21H,4,10H2,1-3H3. The molecule has 1 heterocycles. The van der Waals surface area contributed by atoms with Gasteiger partial charge in [0.25, 0.3) is 11.8 Å². The van der Waals surface area contributed by atoms with Crippen molar-refractivity contribution in [2.24, 2.45) is 10.2 Å². The third kappa shape index (κ3) is 4.14. The fourth-order valence-corrected chi connectivity index (χ4v) is 3.46. The van der Waals surface area contributed by atoms with Gasteiger partial charge in [0.1, 0.15) is 11.6 Å². The van der Waals surface area contributed by atoms with Gasteiger partial charge in [-0.25, -0.2) is 0 Å². The van der Waals surface area contributed by atoms with Crippen LogP contribution < -0.4 is 0 Å². The van der Waals surface area contributed by atoms with E-state index in [0.717, 1.165) is 16.0 Å². The summed E-state index contributed by atoms with van der Waals surface area (Å²) in [5, 5.41) is 18.3. The van der Waals surface area contributed by atoms with Crippen LogP contribution in [0.5, 0.6) is 0 Å². The van der Waals surface area contributed by atoms with Crippen LogP contribution in [0.15, 0.2) is 64.3 Å². The Kier molecular flexibility index (Phi) is 5.99. The van der Waals surface area contributed by atoms with E-state index in [1.165, 1.54) is 0 Å². The Morgan fingerprint density at radius 2 is 1.72 bits per heavy atom. The molecule has 0 aromatic heterocycles. The molecule has 29 heavy (non-hydrogen) atoms. The minimum Gasteiger partial charge on any atom is -0.276 e. The first-order valence-electron chi connectivity index (χ1n) is 9.50. The number of carbonyl (C=O) groups is 2. The lowest BCUT2D eigenvalue weighted by atomic mass is 9.89. The average molecular weight is 386 g/mol. The SMILES string of the molecule is CCCN1C(=O)C(C#N)=C(c2ccccc2)C(N=Nc2cc(C)cc(C)c2)C1=O. The van der Waals surface area contributed by atoms with E-state index >= 15 is 0 Å². The molecule has 0 saturated carbocycles. The van der Waals surface area contributed by atoms with Gasteiger partial charge in [-0.05, 0) is 49.1 Å². The highest BCUT2D eigenvalue weighted by atomic mass is 16.2. The molecule has 0 saturated heterocycles. The van der Waals surface area contributed by atoms with Gasteiger partial charge in [0, 0.05) is 12.1 Å². The number of hydrogen-bond donors (Lipinski definition) is 0. The summed E-state index contributed by atoms with van der Waals surface area (Å²) in [5.74, 6) is -1.03. The Morgan fingerprint density at radius 1 is 1.07 bits per heavy atom. The van der Waals surface area contributed by atoms with Crippen LogP contribution >= 0.6 is 0 Å². The highest BCUT2D eigenvalue weighted by molar-refractivity contribution is 6.20. The Labute approximate surface area is 170 Å². The molecule has 0 fully saturated rings. The van der Waals surface area contributed by atoms with Crippen molar-refractivity contribution in [3.63, 3.8) is 0 Å². The maximum Gasteiger partial charge on any atom is 0.271 e.